The highest BCUT2D eigenvalue weighted by atomic mass is 35.5. The SMILES string of the molecule is COOSc1ccc(-c2oc(C)nc2C2CCCCC2)c(Cl)c1. The van der Waals surface area contributed by atoms with Crippen molar-refractivity contribution in [3.63, 3.8) is 0 Å². The lowest BCUT2D eigenvalue weighted by Gasteiger charge is -2.20. The average Bonchev–Trinajstić information content (AvgIpc) is 2.95. The lowest BCUT2D eigenvalue weighted by molar-refractivity contribution is -0.160. The molecule has 0 amide bonds. The third kappa shape index (κ3) is 3.91. The predicted molar refractivity (Wildman–Crippen MR) is 91.5 cm³/mol. The zero-order valence-corrected chi connectivity index (χ0v) is 14.9. The van der Waals surface area contributed by atoms with E-state index in [4.69, 9.17) is 20.4 Å². The highest BCUT2D eigenvalue weighted by molar-refractivity contribution is 7.94. The van der Waals surface area contributed by atoms with Gasteiger partial charge in [-0.1, -0.05) is 30.9 Å². The first kappa shape index (κ1) is 16.8. The minimum Gasteiger partial charge on any atom is -0.441 e. The Balaban J connectivity index is 1.92. The number of aromatic nitrogens is 1. The van der Waals surface area contributed by atoms with E-state index >= 15 is 0 Å². The number of hydrogen-bond donors (Lipinski definition) is 0. The van der Waals surface area contributed by atoms with E-state index in [1.165, 1.54) is 39.2 Å². The summed E-state index contributed by atoms with van der Waals surface area (Å²) in [5.74, 6) is 1.97. The van der Waals surface area contributed by atoms with Crippen LogP contribution in [0.4, 0.5) is 0 Å². The molecule has 1 aromatic heterocycles. The van der Waals surface area contributed by atoms with Crippen molar-refractivity contribution in [2.45, 2.75) is 49.8 Å². The van der Waals surface area contributed by atoms with Gasteiger partial charge in [0.2, 0.25) is 0 Å². The Morgan fingerprint density at radius 1 is 1.26 bits per heavy atom. The molecule has 1 saturated carbocycles. The first-order valence-corrected chi connectivity index (χ1v) is 8.95. The molecule has 0 bridgehead atoms. The third-order valence-electron chi connectivity index (χ3n) is 4.14. The summed E-state index contributed by atoms with van der Waals surface area (Å²) in [6.07, 6.45) is 6.18. The van der Waals surface area contributed by atoms with Gasteiger partial charge in [-0.2, -0.15) is 4.33 Å². The zero-order chi connectivity index (χ0) is 16.2. The maximum absolute atomic E-state index is 6.47. The van der Waals surface area contributed by atoms with E-state index < -0.39 is 0 Å². The van der Waals surface area contributed by atoms with Crippen molar-refractivity contribution in [1.82, 2.24) is 4.98 Å². The van der Waals surface area contributed by atoms with E-state index in [0.717, 1.165) is 34.0 Å². The second kappa shape index (κ2) is 7.71. The summed E-state index contributed by atoms with van der Waals surface area (Å²) in [7, 11) is 1.47. The molecule has 124 valence electrons. The molecule has 1 aliphatic rings. The minimum atomic E-state index is 0.471. The molecule has 0 atom stereocenters. The van der Waals surface area contributed by atoms with Crippen LogP contribution in [0.25, 0.3) is 11.3 Å². The predicted octanol–water partition coefficient (Wildman–Crippen LogP) is 5.94. The van der Waals surface area contributed by atoms with Gasteiger partial charge in [0.05, 0.1) is 29.9 Å². The maximum atomic E-state index is 6.47. The van der Waals surface area contributed by atoms with Gasteiger partial charge in [0.25, 0.3) is 0 Å². The molecule has 0 aliphatic heterocycles. The van der Waals surface area contributed by atoms with Crippen molar-refractivity contribution >= 4 is 23.6 Å². The lowest BCUT2D eigenvalue weighted by atomic mass is 9.85. The fraction of sp³-hybridized carbons (Fsp3) is 0.471. The Kier molecular flexibility index (Phi) is 5.64. The summed E-state index contributed by atoms with van der Waals surface area (Å²) < 4.78 is 10.8. The van der Waals surface area contributed by atoms with Gasteiger partial charge in [-0.15, -0.1) is 0 Å². The molecule has 3 rings (SSSR count). The van der Waals surface area contributed by atoms with E-state index in [9.17, 15) is 0 Å². The van der Waals surface area contributed by atoms with Crippen LogP contribution in [0.1, 0.15) is 49.6 Å². The first-order chi connectivity index (χ1) is 11.2. The van der Waals surface area contributed by atoms with Crippen LogP contribution < -0.4 is 0 Å². The van der Waals surface area contributed by atoms with E-state index in [-0.39, 0.29) is 0 Å². The van der Waals surface area contributed by atoms with Crippen molar-refractivity contribution in [2.75, 3.05) is 7.11 Å². The van der Waals surface area contributed by atoms with Gasteiger partial charge in [0, 0.05) is 23.3 Å². The summed E-state index contributed by atoms with van der Waals surface area (Å²) in [6.45, 7) is 1.89. The largest absolute Gasteiger partial charge is 0.441 e. The summed E-state index contributed by atoms with van der Waals surface area (Å²) >= 11 is 7.59. The molecule has 4 nitrogen and oxygen atoms in total. The standard InChI is InChI=1S/C17H20ClNO3S/c1-11-19-16(12-6-4-3-5-7-12)17(21-11)14-9-8-13(10-15(14)18)23-22-20-2/h8-10,12H,3-7H2,1-2H3. The van der Waals surface area contributed by atoms with Crippen molar-refractivity contribution in [1.29, 1.82) is 0 Å². The van der Waals surface area contributed by atoms with Crippen LogP contribution in [0.5, 0.6) is 0 Å². The third-order valence-corrected chi connectivity index (χ3v) is 5.10. The van der Waals surface area contributed by atoms with E-state index in [0.29, 0.717) is 16.8 Å². The van der Waals surface area contributed by atoms with Crippen molar-refractivity contribution in [3.05, 3.63) is 34.8 Å². The molecule has 0 N–H and O–H groups in total. The zero-order valence-electron chi connectivity index (χ0n) is 13.3. The normalized spacial score (nSPS) is 16.0. The summed E-state index contributed by atoms with van der Waals surface area (Å²) in [4.78, 5) is 10.1. The van der Waals surface area contributed by atoms with Crippen LogP contribution in [-0.2, 0) is 9.22 Å². The van der Waals surface area contributed by atoms with Crippen molar-refractivity contribution < 1.29 is 13.6 Å². The monoisotopic (exact) mass is 353 g/mol. The van der Waals surface area contributed by atoms with Gasteiger partial charge in [0.15, 0.2) is 11.7 Å². The fourth-order valence-electron chi connectivity index (χ4n) is 3.09. The Morgan fingerprint density at radius 2 is 2.04 bits per heavy atom. The quantitative estimate of drug-likeness (QED) is 0.378. The molecule has 1 fully saturated rings. The number of halogens is 1. The van der Waals surface area contributed by atoms with Gasteiger partial charge in [-0.25, -0.2) is 9.87 Å². The fourth-order valence-corrected chi connectivity index (χ4v) is 3.86. The van der Waals surface area contributed by atoms with Gasteiger partial charge < -0.3 is 4.42 Å². The first-order valence-electron chi connectivity index (χ1n) is 7.83. The van der Waals surface area contributed by atoms with Crippen LogP contribution in [-0.4, -0.2) is 12.1 Å². The summed E-state index contributed by atoms with van der Waals surface area (Å²) in [5.41, 5.74) is 1.94. The molecule has 0 unspecified atom stereocenters. The van der Waals surface area contributed by atoms with Gasteiger partial charge >= 0.3 is 0 Å². The average molecular weight is 354 g/mol. The molecule has 1 aliphatic carbocycles. The van der Waals surface area contributed by atoms with E-state index in [2.05, 4.69) is 9.87 Å². The number of aryl methyl sites for hydroxylation is 1. The van der Waals surface area contributed by atoms with Crippen LogP contribution in [0.15, 0.2) is 27.5 Å². The van der Waals surface area contributed by atoms with Crippen LogP contribution in [0.2, 0.25) is 5.02 Å². The highest BCUT2D eigenvalue weighted by Crippen LogP contribution is 2.41. The van der Waals surface area contributed by atoms with Gasteiger partial charge in [-0.05, 0) is 31.0 Å². The maximum Gasteiger partial charge on any atom is 0.192 e. The molecular weight excluding hydrogens is 334 g/mol. The van der Waals surface area contributed by atoms with Crippen LogP contribution in [0.3, 0.4) is 0 Å². The Labute approximate surface area is 145 Å². The number of benzene rings is 1. The van der Waals surface area contributed by atoms with Crippen molar-refractivity contribution in [3.8, 4) is 11.3 Å². The molecule has 0 spiro atoms. The molecular formula is C17H20ClNO3S. The molecule has 0 saturated heterocycles. The van der Waals surface area contributed by atoms with Gasteiger partial charge in [0.1, 0.15) is 0 Å². The van der Waals surface area contributed by atoms with E-state index in [1.54, 1.807) is 0 Å². The second-order valence-corrected chi connectivity index (χ2v) is 6.92. The molecule has 6 heteroatoms. The number of rotatable bonds is 5. The lowest BCUT2D eigenvalue weighted by Crippen LogP contribution is -2.06. The van der Waals surface area contributed by atoms with Crippen LogP contribution in [0, 0.1) is 6.92 Å². The minimum absolute atomic E-state index is 0.471. The van der Waals surface area contributed by atoms with Gasteiger partial charge in [-0.3, -0.25) is 0 Å². The number of oxazole rings is 1. The van der Waals surface area contributed by atoms with Crippen molar-refractivity contribution in [2.24, 2.45) is 0 Å². The molecule has 1 heterocycles. The Morgan fingerprint density at radius 3 is 2.74 bits per heavy atom. The molecule has 23 heavy (non-hydrogen) atoms. The molecule has 2 aromatic rings. The summed E-state index contributed by atoms with van der Waals surface area (Å²) in [5, 5.41) is 0.628. The molecule has 0 radical (unpaired) electrons. The second-order valence-electron chi connectivity index (χ2n) is 5.74. The summed E-state index contributed by atoms with van der Waals surface area (Å²) in [6, 6.07) is 5.74. The number of nitrogens with zero attached hydrogens (tertiary/aromatic N) is 1. The smallest absolute Gasteiger partial charge is 0.192 e. The molecule has 1 aromatic carbocycles. The topological polar surface area (TPSA) is 44.5 Å². The Hall–Kier alpha value is -1.01. The Bertz CT molecular complexity index is 668. The van der Waals surface area contributed by atoms with Crippen LogP contribution >= 0.6 is 23.6 Å². The highest BCUT2D eigenvalue weighted by Gasteiger charge is 2.25. The number of hydrogen-bond acceptors (Lipinski definition) is 5. The van der Waals surface area contributed by atoms with E-state index in [1.807, 2.05) is 25.1 Å².